The highest BCUT2D eigenvalue weighted by atomic mass is 16.5. The Hall–Kier alpha value is -2.50. The molecule has 1 aromatic carbocycles. The molecule has 96 valence electrons. The Morgan fingerprint density at radius 1 is 1.11 bits per heavy atom. The van der Waals surface area contributed by atoms with Gasteiger partial charge < -0.3 is 19.7 Å². The first-order chi connectivity index (χ1) is 8.49. The van der Waals surface area contributed by atoms with Crippen LogP contribution in [0.4, 0.5) is 0 Å². The standard InChI is InChI=1S/C12H12O6/c1-17-10-4-3-7(5-11(10)18-2)8(13)6-9(14)12(15)16/h3-6,13H,1-2H3,(H,15,16). The fraction of sp³-hybridized carbons (Fsp3) is 0.167. The summed E-state index contributed by atoms with van der Waals surface area (Å²) in [6.07, 6.45) is 0.629. The molecule has 0 heterocycles. The van der Waals surface area contributed by atoms with Crippen molar-refractivity contribution in [1.29, 1.82) is 0 Å². The summed E-state index contributed by atoms with van der Waals surface area (Å²) in [6.45, 7) is 0. The number of ketones is 1. The van der Waals surface area contributed by atoms with Crippen LogP contribution in [0.1, 0.15) is 5.56 Å². The third-order valence-electron chi connectivity index (χ3n) is 2.16. The van der Waals surface area contributed by atoms with Gasteiger partial charge in [0.25, 0.3) is 5.78 Å². The Bertz CT molecular complexity index is 503. The van der Waals surface area contributed by atoms with Gasteiger partial charge in [-0.05, 0) is 18.2 Å². The summed E-state index contributed by atoms with van der Waals surface area (Å²) >= 11 is 0. The lowest BCUT2D eigenvalue weighted by Gasteiger charge is -2.08. The van der Waals surface area contributed by atoms with E-state index in [9.17, 15) is 14.7 Å². The van der Waals surface area contributed by atoms with E-state index < -0.39 is 17.5 Å². The maximum atomic E-state index is 10.9. The maximum absolute atomic E-state index is 10.9. The normalized spacial score (nSPS) is 10.9. The molecule has 0 aliphatic heterocycles. The fourth-order valence-corrected chi connectivity index (χ4v) is 1.26. The number of carbonyl (C=O) groups excluding carboxylic acids is 1. The molecule has 0 aliphatic carbocycles. The van der Waals surface area contributed by atoms with Gasteiger partial charge in [0.1, 0.15) is 5.76 Å². The number of aliphatic hydroxyl groups excluding tert-OH is 1. The Morgan fingerprint density at radius 2 is 1.72 bits per heavy atom. The first kappa shape index (κ1) is 13.6. The van der Waals surface area contributed by atoms with Crippen molar-refractivity contribution in [3.8, 4) is 11.5 Å². The molecule has 0 unspecified atom stereocenters. The summed E-state index contributed by atoms with van der Waals surface area (Å²) in [4.78, 5) is 21.3. The van der Waals surface area contributed by atoms with Crippen LogP contribution in [0, 0.1) is 0 Å². The number of carboxylic acids is 1. The second kappa shape index (κ2) is 5.72. The predicted molar refractivity (Wildman–Crippen MR) is 62.8 cm³/mol. The zero-order valence-corrected chi connectivity index (χ0v) is 9.84. The van der Waals surface area contributed by atoms with Crippen molar-refractivity contribution >= 4 is 17.5 Å². The number of carbonyl (C=O) groups is 2. The quantitative estimate of drug-likeness (QED) is 0.465. The number of rotatable bonds is 5. The van der Waals surface area contributed by atoms with Crippen LogP contribution in [0.25, 0.3) is 5.76 Å². The molecule has 6 heteroatoms. The number of carboxylic acid groups (broad SMARTS) is 1. The summed E-state index contributed by atoms with van der Waals surface area (Å²) in [6, 6.07) is 4.44. The molecule has 0 bridgehead atoms. The van der Waals surface area contributed by atoms with E-state index in [0.717, 1.165) is 0 Å². The molecule has 0 saturated heterocycles. The molecule has 0 aliphatic rings. The topological polar surface area (TPSA) is 93.1 Å². The van der Waals surface area contributed by atoms with E-state index in [4.69, 9.17) is 14.6 Å². The van der Waals surface area contributed by atoms with Crippen molar-refractivity contribution in [1.82, 2.24) is 0 Å². The second-order valence-electron chi connectivity index (χ2n) is 3.27. The smallest absolute Gasteiger partial charge is 0.376 e. The Morgan fingerprint density at radius 3 is 2.22 bits per heavy atom. The Labute approximate surface area is 103 Å². The zero-order valence-electron chi connectivity index (χ0n) is 9.84. The number of methoxy groups -OCH3 is 2. The lowest BCUT2D eigenvalue weighted by atomic mass is 10.1. The molecule has 0 fully saturated rings. The molecule has 0 saturated carbocycles. The maximum Gasteiger partial charge on any atom is 0.376 e. The van der Waals surface area contributed by atoms with Crippen molar-refractivity contribution in [2.45, 2.75) is 0 Å². The summed E-state index contributed by atoms with van der Waals surface area (Å²) in [5.41, 5.74) is 0.252. The van der Waals surface area contributed by atoms with E-state index in [-0.39, 0.29) is 5.56 Å². The van der Waals surface area contributed by atoms with Crippen LogP contribution in [0.2, 0.25) is 0 Å². The number of aliphatic carboxylic acids is 1. The molecule has 18 heavy (non-hydrogen) atoms. The third-order valence-corrected chi connectivity index (χ3v) is 2.16. The molecule has 0 amide bonds. The summed E-state index contributed by atoms with van der Waals surface area (Å²) in [7, 11) is 2.88. The molecule has 0 aromatic heterocycles. The van der Waals surface area contributed by atoms with Crippen molar-refractivity contribution < 1.29 is 29.3 Å². The van der Waals surface area contributed by atoms with Gasteiger partial charge in [0.15, 0.2) is 11.5 Å². The fourth-order valence-electron chi connectivity index (χ4n) is 1.26. The van der Waals surface area contributed by atoms with Gasteiger partial charge in [-0.15, -0.1) is 0 Å². The van der Waals surface area contributed by atoms with Gasteiger partial charge in [0.2, 0.25) is 0 Å². The second-order valence-corrected chi connectivity index (χ2v) is 3.27. The zero-order chi connectivity index (χ0) is 13.7. The van der Waals surface area contributed by atoms with Crippen LogP contribution in [0.5, 0.6) is 11.5 Å². The molecule has 1 aromatic rings. The SMILES string of the molecule is COc1ccc(C(O)=CC(=O)C(=O)O)cc1OC. The van der Waals surface area contributed by atoms with Crippen molar-refractivity contribution in [2.75, 3.05) is 14.2 Å². The minimum absolute atomic E-state index is 0.252. The van der Waals surface area contributed by atoms with Crippen LogP contribution in [0.15, 0.2) is 24.3 Å². The summed E-state index contributed by atoms with van der Waals surface area (Å²) < 4.78 is 10.0. The van der Waals surface area contributed by atoms with Crippen LogP contribution < -0.4 is 9.47 Å². The predicted octanol–water partition coefficient (Wildman–Crippen LogP) is 1.26. The van der Waals surface area contributed by atoms with Crippen LogP contribution in [0.3, 0.4) is 0 Å². The van der Waals surface area contributed by atoms with Crippen LogP contribution in [-0.4, -0.2) is 36.2 Å². The van der Waals surface area contributed by atoms with Gasteiger partial charge in [0.05, 0.1) is 14.2 Å². The molecule has 0 spiro atoms. The first-order valence-corrected chi connectivity index (χ1v) is 4.90. The number of benzene rings is 1. The lowest BCUT2D eigenvalue weighted by molar-refractivity contribution is -0.146. The lowest BCUT2D eigenvalue weighted by Crippen LogP contribution is -2.09. The average molecular weight is 252 g/mol. The number of hydrogen-bond acceptors (Lipinski definition) is 5. The molecular weight excluding hydrogens is 240 g/mol. The molecule has 1 rings (SSSR count). The van der Waals surface area contributed by atoms with E-state index in [1.54, 1.807) is 0 Å². The number of aliphatic hydroxyl groups is 1. The monoisotopic (exact) mass is 252 g/mol. The largest absolute Gasteiger partial charge is 0.507 e. The minimum atomic E-state index is -1.64. The van der Waals surface area contributed by atoms with Gasteiger partial charge in [-0.2, -0.15) is 0 Å². The average Bonchev–Trinajstić information content (AvgIpc) is 2.37. The van der Waals surface area contributed by atoms with E-state index in [1.807, 2.05) is 0 Å². The van der Waals surface area contributed by atoms with E-state index in [1.165, 1.54) is 32.4 Å². The molecule has 6 nitrogen and oxygen atoms in total. The highest BCUT2D eigenvalue weighted by molar-refractivity contribution is 6.38. The molecule has 0 atom stereocenters. The molecule has 2 N–H and O–H groups in total. The number of hydrogen-bond donors (Lipinski definition) is 2. The highest BCUT2D eigenvalue weighted by Crippen LogP contribution is 2.29. The minimum Gasteiger partial charge on any atom is -0.507 e. The van der Waals surface area contributed by atoms with Crippen molar-refractivity contribution in [2.24, 2.45) is 0 Å². The van der Waals surface area contributed by atoms with E-state index >= 15 is 0 Å². The van der Waals surface area contributed by atoms with Gasteiger partial charge in [0, 0.05) is 11.6 Å². The van der Waals surface area contributed by atoms with Crippen molar-refractivity contribution in [3.63, 3.8) is 0 Å². The third kappa shape index (κ3) is 3.00. The highest BCUT2D eigenvalue weighted by Gasteiger charge is 2.12. The summed E-state index contributed by atoms with van der Waals surface area (Å²) in [5.74, 6) is -2.48. The van der Waals surface area contributed by atoms with Gasteiger partial charge in [-0.1, -0.05) is 0 Å². The van der Waals surface area contributed by atoms with Crippen LogP contribution >= 0.6 is 0 Å². The molecule has 0 radical (unpaired) electrons. The van der Waals surface area contributed by atoms with Gasteiger partial charge >= 0.3 is 5.97 Å². The van der Waals surface area contributed by atoms with E-state index in [2.05, 4.69) is 0 Å². The number of ether oxygens (including phenoxy) is 2. The Balaban J connectivity index is 3.11. The molecular formula is C12H12O6. The van der Waals surface area contributed by atoms with Gasteiger partial charge in [-0.3, -0.25) is 4.79 Å². The van der Waals surface area contributed by atoms with Gasteiger partial charge in [-0.25, -0.2) is 4.79 Å². The van der Waals surface area contributed by atoms with Crippen molar-refractivity contribution in [3.05, 3.63) is 29.8 Å². The summed E-state index contributed by atoms with van der Waals surface area (Å²) in [5, 5.41) is 18.0. The Kier molecular flexibility index (Phi) is 4.31. The van der Waals surface area contributed by atoms with Crippen LogP contribution in [-0.2, 0) is 9.59 Å². The first-order valence-electron chi connectivity index (χ1n) is 4.90. The van der Waals surface area contributed by atoms with E-state index in [0.29, 0.717) is 17.6 Å².